The van der Waals surface area contributed by atoms with Gasteiger partial charge in [-0.3, -0.25) is 0 Å². The number of imidazole rings is 1. The molecule has 4 rings (SSSR count). The van der Waals surface area contributed by atoms with E-state index >= 15 is 0 Å². The second-order valence-electron chi connectivity index (χ2n) is 5.44. The van der Waals surface area contributed by atoms with Crippen molar-refractivity contribution in [2.75, 3.05) is 12.4 Å². The summed E-state index contributed by atoms with van der Waals surface area (Å²) in [6.45, 7) is 0.482. The van der Waals surface area contributed by atoms with Gasteiger partial charge in [-0.25, -0.2) is 18.9 Å². The Balaban J connectivity index is 1.56. The molecule has 26 heavy (non-hydrogen) atoms. The minimum absolute atomic E-state index is 0.104. The van der Waals surface area contributed by atoms with Crippen LogP contribution in [0.5, 0.6) is 5.88 Å². The minimum Gasteiger partial charge on any atom is -0.481 e. The van der Waals surface area contributed by atoms with Gasteiger partial charge in [0.15, 0.2) is 0 Å². The number of rotatable bonds is 5. The summed E-state index contributed by atoms with van der Waals surface area (Å²) in [5.74, 6) is 0.119. The molecule has 0 saturated heterocycles. The normalized spacial score (nSPS) is 11.0. The van der Waals surface area contributed by atoms with Gasteiger partial charge in [-0.2, -0.15) is 0 Å². The highest BCUT2D eigenvalue weighted by atomic mass is 35.5. The molecule has 6 nitrogen and oxygen atoms in total. The van der Waals surface area contributed by atoms with Crippen LogP contribution in [-0.4, -0.2) is 26.7 Å². The Hall–Kier alpha value is -2.71. The molecule has 0 atom stereocenters. The highest BCUT2D eigenvalue weighted by Crippen LogP contribution is 2.27. The topological polar surface area (TPSA) is 64.3 Å². The Labute approximate surface area is 157 Å². The molecule has 0 radical (unpaired) electrons. The lowest BCUT2D eigenvalue weighted by Crippen LogP contribution is -2.00. The summed E-state index contributed by atoms with van der Waals surface area (Å²) >= 11 is 7.23. The fourth-order valence-corrected chi connectivity index (χ4v) is 3.41. The zero-order valence-corrected chi connectivity index (χ0v) is 15.2. The van der Waals surface area contributed by atoms with Crippen molar-refractivity contribution in [3.05, 3.63) is 59.1 Å². The third kappa shape index (κ3) is 3.21. The number of hydrogen-bond donors (Lipinski definition) is 1. The maximum Gasteiger partial charge on any atom is 0.214 e. The van der Waals surface area contributed by atoms with Crippen LogP contribution < -0.4 is 10.1 Å². The Kier molecular flexibility index (Phi) is 4.44. The van der Waals surface area contributed by atoms with E-state index in [1.165, 1.54) is 17.4 Å². The number of ether oxygens (including phenoxy) is 1. The van der Waals surface area contributed by atoms with Gasteiger partial charge in [0.1, 0.15) is 5.82 Å². The van der Waals surface area contributed by atoms with E-state index in [1.54, 1.807) is 42.2 Å². The molecule has 4 aromatic rings. The van der Waals surface area contributed by atoms with E-state index in [9.17, 15) is 4.39 Å². The number of fused-ring (bicyclic) bond motifs is 1. The van der Waals surface area contributed by atoms with Gasteiger partial charge in [-0.15, -0.1) is 5.10 Å². The molecule has 9 heteroatoms. The van der Waals surface area contributed by atoms with E-state index in [0.717, 1.165) is 21.8 Å². The number of anilines is 1. The van der Waals surface area contributed by atoms with E-state index in [-0.39, 0.29) is 5.02 Å². The standard InChI is InChI=1S/C17H13ClFN5OS/c1-25-15-5-3-11(8-20-15)14-9-22-17-24(14)23-16(26-17)21-7-10-2-4-13(19)12(18)6-10/h2-6,8-9H,7H2,1H3,(H,21,23). The average molecular weight is 390 g/mol. The first-order chi connectivity index (χ1) is 12.6. The number of benzene rings is 1. The van der Waals surface area contributed by atoms with Gasteiger partial charge in [0.2, 0.25) is 16.0 Å². The minimum atomic E-state index is -0.430. The van der Waals surface area contributed by atoms with Gasteiger partial charge >= 0.3 is 0 Å². The molecule has 3 aromatic heterocycles. The summed E-state index contributed by atoms with van der Waals surface area (Å²) in [7, 11) is 1.58. The number of halogens is 2. The highest BCUT2D eigenvalue weighted by molar-refractivity contribution is 7.20. The fraction of sp³-hybridized carbons (Fsp3) is 0.118. The van der Waals surface area contributed by atoms with Crippen molar-refractivity contribution in [1.82, 2.24) is 19.6 Å². The van der Waals surface area contributed by atoms with Gasteiger partial charge in [0.05, 0.1) is 24.0 Å². The molecule has 132 valence electrons. The lowest BCUT2D eigenvalue weighted by molar-refractivity contribution is 0.398. The summed E-state index contributed by atoms with van der Waals surface area (Å²) in [5, 5.41) is 8.56. The van der Waals surface area contributed by atoms with E-state index in [1.807, 2.05) is 6.07 Å². The average Bonchev–Trinajstić information content (AvgIpc) is 3.23. The highest BCUT2D eigenvalue weighted by Gasteiger charge is 2.12. The largest absolute Gasteiger partial charge is 0.481 e. The molecular formula is C17H13ClFN5OS. The Morgan fingerprint density at radius 3 is 2.85 bits per heavy atom. The summed E-state index contributed by atoms with van der Waals surface area (Å²) in [5.41, 5.74) is 2.59. The number of nitrogens with zero attached hydrogens (tertiary/aromatic N) is 4. The van der Waals surface area contributed by atoms with Crippen molar-refractivity contribution in [3.8, 4) is 17.1 Å². The maximum atomic E-state index is 13.2. The Bertz CT molecular complexity index is 1060. The van der Waals surface area contributed by atoms with Crippen molar-refractivity contribution in [2.24, 2.45) is 0 Å². The van der Waals surface area contributed by atoms with Gasteiger partial charge in [0.25, 0.3) is 0 Å². The van der Waals surface area contributed by atoms with E-state index in [2.05, 4.69) is 20.4 Å². The molecule has 0 saturated carbocycles. The maximum absolute atomic E-state index is 13.2. The first kappa shape index (κ1) is 16.7. The van der Waals surface area contributed by atoms with Crippen LogP contribution in [0.2, 0.25) is 5.02 Å². The molecule has 0 amide bonds. The molecule has 0 fully saturated rings. The molecule has 0 unspecified atom stereocenters. The predicted octanol–water partition coefficient (Wildman–Crippen LogP) is 4.27. The number of hydrogen-bond acceptors (Lipinski definition) is 6. The van der Waals surface area contributed by atoms with E-state index in [0.29, 0.717) is 17.6 Å². The second kappa shape index (κ2) is 6.89. The Morgan fingerprint density at radius 1 is 1.23 bits per heavy atom. The lowest BCUT2D eigenvalue weighted by atomic mass is 10.2. The first-order valence-corrected chi connectivity index (χ1v) is 8.86. The summed E-state index contributed by atoms with van der Waals surface area (Å²) < 4.78 is 20.1. The van der Waals surface area contributed by atoms with Crippen molar-refractivity contribution >= 4 is 33.0 Å². The second-order valence-corrected chi connectivity index (χ2v) is 6.80. The molecule has 0 aliphatic rings. The third-order valence-corrected chi connectivity index (χ3v) is 4.92. The van der Waals surface area contributed by atoms with Gasteiger partial charge < -0.3 is 10.1 Å². The van der Waals surface area contributed by atoms with Gasteiger partial charge in [-0.1, -0.05) is 29.0 Å². The summed E-state index contributed by atoms with van der Waals surface area (Å²) in [6.07, 6.45) is 3.47. The lowest BCUT2D eigenvalue weighted by Gasteiger charge is -2.03. The van der Waals surface area contributed by atoms with Crippen molar-refractivity contribution in [3.63, 3.8) is 0 Å². The molecule has 0 bridgehead atoms. The summed E-state index contributed by atoms with van der Waals surface area (Å²) in [4.78, 5) is 9.36. The molecule has 0 aliphatic carbocycles. The van der Waals surface area contributed by atoms with E-state index in [4.69, 9.17) is 16.3 Å². The SMILES string of the molecule is COc1ccc(-c2cnc3sc(NCc4ccc(F)c(Cl)c4)nn23)cn1. The van der Waals surface area contributed by atoms with Crippen LogP contribution in [0.15, 0.2) is 42.7 Å². The van der Waals surface area contributed by atoms with Crippen LogP contribution in [0.4, 0.5) is 9.52 Å². The molecular weight excluding hydrogens is 377 g/mol. The van der Waals surface area contributed by atoms with Gasteiger partial charge in [0, 0.05) is 24.4 Å². The quantitative estimate of drug-likeness (QED) is 0.552. The van der Waals surface area contributed by atoms with Crippen LogP contribution >= 0.6 is 22.9 Å². The monoisotopic (exact) mass is 389 g/mol. The molecule has 1 N–H and O–H groups in total. The molecule has 0 spiro atoms. The van der Waals surface area contributed by atoms with Crippen LogP contribution in [0, 0.1) is 5.82 Å². The zero-order chi connectivity index (χ0) is 18.1. The number of aromatic nitrogens is 4. The molecule has 3 heterocycles. The van der Waals surface area contributed by atoms with Crippen molar-refractivity contribution in [2.45, 2.75) is 6.54 Å². The van der Waals surface area contributed by atoms with Crippen LogP contribution in [0.1, 0.15) is 5.56 Å². The molecule has 0 aliphatic heterocycles. The molecule has 1 aromatic carbocycles. The predicted molar refractivity (Wildman–Crippen MR) is 99.4 cm³/mol. The summed E-state index contributed by atoms with van der Waals surface area (Å²) in [6, 6.07) is 8.32. The third-order valence-electron chi connectivity index (χ3n) is 3.75. The van der Waals surface area contributed by atoms with Crippen LogP contribution in [-0.2, 0) is 6.54 Å². The van der Waals surface area contributed by atoms with Crippen molar-refractivity contribution < 1.29 is 9.13 Å². The Morgan fingerprint density at radius 2 is 2.12 bits per heavy atom. The number of nitrogens with one attached hydrogen (secondary N) is 1. The number of methoxy groups -OCH3 is 1. The zero-order valence-electron chi connectivity index (χ0n) is 13.6. The first-order valence-electron chi connectivity index (χ1n) is 7.67. The fourth-order valence-electron chi connectivity index (χ4n) is 2.44. The number of pyridine rings is 1. The van der Waals surface area contributed by atoms with E-state index < -0.39 is 5.82 Å². The van der Waals surface area contributed by atoms with Crippen LogP contribution in [0.3, 0.4) is 0 Å². The van der Waals surface area contributed by atoms with Crippen molar-refractivity contribution in [1.29, 1.82) is 0 Å². The smallest absolute Gasteiger partial charge is 0.214 e. The van der Waals surface area contributed by atoms with Crippen LogP contribution in [0.25, 0.3) is 16.2 Å². The van der Waals surface area contributed by atoms with Gasteiger partial charge in [-0.05, 0) is 23.8 Å².